The van der Waals surface area contributed by atoms with Gasteiger partial charge in [0.15, 0.2) is 0 Å². The van der Waals surface area contributed by atoms with Crippen molar-refractivity contribution in [1.82, 2.24) is 0 Å². The maximum Gasteiger partial charge on any atom is 0.412 e. The first-order valence-corrected chi connectivity index (χ1v) is 8.51. The third kappa shape index (κ3) is 5.25. The van der Waals surface area contributed by atoms with E-state index in [1.807, 2.05) is 6.92 Å². The average molecular weight is 367 g/mol. The van der Waals surface area contributed by atoms with Crippen molar-refractivity contribution in [1.29, 1.82) is 0 Å². The highest BCUT2D eigenvalue weighted by molar-refractivity contribution is 7.16. The van der Waals surface area contributed by atoms with Gasteiger partial charge in [-0.25, -0.2) is 4.79 Å². The molecule has 1 heterocycles. The fraction of sp³-hybridized carbons (Fsp3) is 0.294. The molecule has 0 unspecified atom stereocenters. The van der Waals surface area contributed by atoms with E-state index in [2.05, 4.69) is 10.6 Å². The maximum absolute atomic E-state index is 12.5. The van der Waals surface area contributed by atoms with E-state index in [4.69, 9.17) is 16.3 Å². The van der Waals surface area contributed by atoms with Gasteiger partial charge in [0, 0.05) is 15.6 Å². The van der Waals surface area contributed by atoms with Crippen molar-refractivity contribution in [2.24, 2.45) is 0 Å². The van der Waals surface area contributed by atoms with Gasteiger partial charge in [0.05, 0.1) is 5.56 Å². The summed E-state index contributed by atoms with van der Waals surface area (Å²) in [6.45, 7) is 7.19. The summed E-state index contributed by atoms with van der Waals surface area (Å²) in [4.78, 5) is 25.3. The van der Waals surface area contributed by atoms with E-state index >= 15 is 0 Å². The Morgan fingerprint density at radius 1 is 1.17 bits per heavy atom. The average Bonchev–Trinajstić information content (AvgIpc) is 2.77. The number of amides is 2. The van der Waals surface area contributed by atoms with Crippen LogP contribution in [0.4, 0.5) is 15.5 Å². The monoisotopic (exact) mass is 366 g/mol. The first-order chi connectivity index (χ1) is 11.1. The van der Waals surface area contributed by atoms with Gasteiger partial charge < -0.3 is 10.1 Å². The second-order valence-electron chi connectivity index (χ2n) is 6.19. The second kappa shape index (κ2) is 7.23. The highest BCUT2D eigenvalue weighted by Gasteiger charge is 2.21. The number of rotatable bonds is 3. The van der Waals surface area contributed by atoms with Crippen LogP contribution in [0.2, 0.25) is 5.02 Å². The molecule has 0 saturated heterocycles. The molecule has 0 aliphatic carbocycles. The molecule has 2 N–H and O–H groups in total. The summed E-state index contributed by atoms with van der Waals surface area (Å²) >= 11 is 7.23. The summed E-state index contributed by atoms with van der Waals surface area (Å²) in [6, 6.07) is 8.58. The smallest absolute Gasteiger partial charge is 0.412 e. The van der Waals surface area contributed by atoms with Gasteiger partial charge in [0.25, 0.3) is 5.91 Å². The maximum atomic E-state index is 12.5. The third-order valence-corrected chi connectivity index (χ3v) is 4.00. The van der Waals surface area contributed by atoms with Crippen molar-refractivity contribution in [3.63, 3.8) is 0 Å². The fourth-order valence-corrected chi connectivity index (χ4v) is 3.02. The topological polar surface area (TPSA) is 67.4 Å². The van der Waals surface area contributed by atoms with Crippen LogP contribution in [0, 0.1) is 6.92 Å². The number of hydrogen-bond acceptors (Lipinski definition) is 4. The van der Waals surface area contributed by atoms with Crippen molar-refractivity contribution in [2.75, 3.05) is 10.6 Å². The predicted octanol–water partition coefficient (Wildman–Crippen LogP) is 5.31. The van der Waals surface area contributed by atoms with Crippen molar-refractivity contribution >= 4 is 45.6 Å². The first kappa shape index (κ1) is 18.3. The summed E-state index contributed by atoms with van der Waals surface area (Å²) in [6.07, 6.45) is -0.596. The minimum Gasteiger partial charge on any atom is -0.444 e. The zero-order valence-corrected chi connectivity index (χ0v) is 15.5. The van der Waals surface area contributed by atoms with Crippen molar-refractivity contribution in [2.45, 2.75) is 33.3 Å². The van der Waals surface area contributed by atoms with Gasteiger partial charge >= 0.3 is 6.09 Å². The van der Waals surface area contributed by atoms with Crippen LogP contribution < -0.4 is 10.6 Å². The van der Waals surface area contributed by atoms with E-state index in [0.29, 0.717) is 21.3 Å². The van der Waals surface area contributed by atoms with Gasteiger partial charge in [0.1, 0.15) is 10.6 Å². The van der Waals surface area contributed by atoms with Crippen LogP contribution in [0.5, 0.6) is 0 Å². The Kier molecular flexibility index (Phi) is 5.51. The molecule has 2 aromatic rings. The number of nitrogens with one attached hydrogen (secondary N) is 2. The number of aryl methyl sites for hydroxylation is 1. The van der Waals surface area contributed by atoms with E-state index in [1.165, 1.54) is 11.3 Å². The van der Waals surface area contributed by atoms with Gasteiger partial charge in [-0.3, -0.25) is 10.1 Å². The van der Waals surface area contributed by atoms with Crippen molar-refractivity contribution < 1.29 is 14.3 Å². The molecule has 5 nitrogen and oxygen atoms in total. The highest BCUT2D eigenvalue weighted by atomic mass is 35.5. The summed E-state index contributed by atoms with van der Waals surface area (Å²) in [5.74, 6) is -0.326. The zero-order valence-electron chi connectivity index (χ0n) is 13.9. The number of anilines is 2. The van der Waals surface area contributed by atoms with Crippen LogP contribution in [0.25, 0.3) is 0 Å². The van der Waals surface area contributed by atoms with Gasteiger partial charge in [-0.05, 0) is 52.0 Å². The molecule has 0 radical (unpaired) electrons. The zero-order chi connectivity index (χ0) is 17.9. The molecule has 7 heteroatoms. The molecule has 1 aromatic carbocycles. The standard InChI is InChI=1S/C17H19ClN2O3S/c1-10-8-13(14(21)19-12-7-5-6-11(18)9-12)15(24-10)20-16(22)23-17(2,3)4/h5-9H,1-4H3,(H,19,21)(H,20,22). The Balaban J connectivity index is 2.15. The van der Waals surface area contributed by atoms with E-state index in [-0.39, 0.29) is 5.91 Å². The molecule has 0 saturated carbocycles. The third-order valence-electron chi connectivity index (χ3n) is 2.80. The number of hydrogen-bond donors (Lipinski definition) is 2. The van der Waals surface area contributed by atoms with Crippen LogP contribution in [0.15, 0.2) is 30.3 Å². The molecule has 0 spiro atoms. The van der Waals surface area contributed by atoms with Crippen molar-refractivity contribution in [3.8, 4) is 0 Å². The number of halogens is 1. The lowest BCUT2D eigenvalue weighted by Crippen LogP contribution is -2.27. The molecule has 0 fully saturated rings. The molecule has 0 atom stereocenters. The Morgan fingerprint density at radius 3 is 2.50 bits per heavy atom. The summed E-state index contributed by atoms with van der Waals surface area (Å²) in [5, 5.41) is 6.38. The molecule has 0 aliphatic heterocycles. The number of benzene rings is 1. The number of carbonyl (C=O) groups is 2. The van der Waals surface area contributed by atoms with Gasteiger partial charge in [-0.2, -0.15) is 0 Å². The van der Waals surface area contributed by atoms with E-state index in [9.17, 15) is 9.59 Å². The minimum absolute atomic E-state index is 0.326. The molecular formula is C17H19ClN2O3S. The molecule has 2 rings (SSSR count). The van der Waals surface area contributed by atoms with Crippen LogP contribution in [-0.2, 0) is 4.74 Å². The molecule has 24 heavy (non-hydrogen) atoms. The number of ether oxygens (including phenoxy) is 1. The Bertz CT molecular complexity index is 765. The van der Waals surface area contributed by atoms with Crippen LogP contribution in [0.1, 0.15) is 36.0 Å². The van der Waals surface area contributed by atoms with Crippen molar-refractivity contribution in [3.05, 3.63) is 45.8 Å². The van der Waals surface area contributed by atoms with Gasteiger partial charge in [-0.15, -0.1) is 11.3 Å². The van der Waals surface area contributed by atoms with Gasteiger partial charge in [0.2, 0.25) is 0 Å². The molecular weight excluding hydrogens is 348 g/mol. The lowest BCUT2D eigenvalue weighted by Gasteiger charge is -2.19. The first-order valence-electron chi connectivity index (χ1n) is 7.31. The molecule has 2 amide bonds. The predicted molar refractivity (Wildman–Crippen MR) is 98.3 cm³/mol. The van der Waals surface area contributed by atoms with Crippen LogP contribution in [-0.4, -0.2) is 17.6 Å². The Hall–Kier alpha value is -2.05. The Labute approximate surface area is 150 Å². The molecule has 1 aromatic heterocycles. The Morgan fingerprint density at radius 2 is 1.88 bits per heavy atom. The van der Waals surface area contributed by atoms with Crippen LogP contribution >= 0.6 is 22.9 Å². The molecule has 128 valence electrons. The summed E-state index contributed by atoms with van der Waals surface area (Å²) in [7, 11) is 0. The summed E-state index contributed by atoms with van der Waals surface area (Å²) < 4.78 is 5.23. The minimum atomic E-state index is -0.612. The van der Waals surface area contributed by atoms with Gasteiger partial charge in [-0.1, -0.05) is 17.7 Å². The SMILES string of the molecule is Cc1cc(C(=O)Nc2cccc(Cl)c2)c(NC(=O)OC(C)(C)C)s1. The number of carbonyl (C=O) groups excluding carboxylic acids is 2. The molecule has 0 aliphatic rings. The lowest BCUT2D eigenvalue weighted by molar-refractivity contribution is 0.0636. The number of thiophene rings is 1. The largest absolute Gasteiger partial charge is 0.444 e. The normalized spacial score (nSPS) is 11.0. The molecule has 0 bridgehead atoms. The summed E-state index contributed by atoms with van der Waals surface area (Å²) in [5.41, 5.74) is 0.350. The quantitative estimate of drug-likeness (QED) is 0.773. The van der Waals surface area contributed by atoms with E-state index < -0.39 is 11.7 Å². The highest BCUT2D eigenvalue weighted by Crippen LogP contribution is 2.29. The second-order valence-corrected chi connectivity index (χ2v) is 7.88. The fourth-order valence-electron chi connectivity index (χ4n) is 1.94. The van der Waals surface area contributed by atoms with E-state index in [1.54, 1.807) is 51.1 Å². The lowest BCUT2D eigenvalue weighted by atomic mass is 10.2. The van der Waals surface area contributed by atoms with Crippen LogP contribution in [0.3, 0.4) is 0 Å². The van der Waals surface area contributed by atoms with E-state index in [0.717, 1.165) is 4.88 Å².